The fourth-order valence-corrected chi connectivity index (χ4v) is 3.60. The third kappa shape index (κ3) is 4.24. The summed E-state index contributed by atoms with van der Waals surface area (Å²) in [7, 11) is 0. The first-order chi connectivity index (χ1) is 15.0. The molecule has 0 aliphatic heterocycles. The lowest BCUT2D eigenvalue weighted by atomic mass is 10.00. The van der Waals surface area contributed by atoms with Crippen LogP contribution in [0.2, 0.25) is 5.02 Å². The van der Waals surface area contributed by atoms with Crippen LogP contribution in [-0.2, 0) is 0 Å². The highest BCUT2D eigenvalue weighted by Gasteiger charge is 2.46. The van der Waals surface area contributed by atoms with Gasteiger partial charge in [-0.2, -0.15) is 5.10 Å². The second-order valence-corrected chi connectivity index (χ2v) is 8.20. The molecule has 12 heteroatoms. The van der Waals surface area contributed by atoms with Crippen molar-refractivity contribution in [1.29, 1.82) is 0 Å². The number of nitrogens with two attached hydrogens (primary N) is 1. The highest BCUT2D eigenvalue weighted by Crippen LogP contribution is 2.35. The number of amides is 1. The minimum absolute atomic E-state index is 0.0522. The highest BCUT2D eigenvalue weighted by atomic mass is 35.5. The van der Waals surface area contributed by atoms with Gasteiger partial charge < -0.3 is 26.0 Å². The topological polar surface area (TPSA) is 150 Å². The number of aliphatic hydroxyl groups excluding tert-OH is 1. The quantitative estimate of drug-likeness (QED) is 0.363. The average molecular weight is 467 g/mol. The van der Waals surface area contributed by atoms with Gasteiger partial charge in [-0.05, 0) is 19.9 Å². The fraction of sp³-hybridized carbons (Fsp3) is 0.400. The summed E-state index contributed by atoms with van der Waals surface area (Å²) in [6, 6.07) is 0.689. The molecule has 0 saturated carbocycles. The van der Waals surface area contributed by atoms with Gasteiger partial charge in [-0.1, -0.05) is 18.5 Å². The SMILES string of the molecule is CC(CO)C(F)C(O)(O)N(c1cc(-c2cnn3cc(Cl)cnc23)ncc1C(N)=O)C(C)C. The zero-order valence-corrected chi connectivity index (χ0v) is 18.4. The van der Waals surface area contributed by atoms with Gasteiger partial charge in [0.25, 0.3) is 11.8 Å². The van der Waals surface area contributed by atoms with E-state index in [1.165, 1.54) is 36.1 Å². The first-order valence-electron chi connectivity index (χ1n) is 9.77. The first-order valence-corrected chi connectivity index (χ1v) is 10.1. The zero-order valence-electron chi connectivity index (χ0n) is 17.6. The average Bonchev–Trinajstić information content (AvgIpc) is 3.14. The molecule has 0 saturated heterocycles. The smallest absolute Gasteiger partial charge is 0.280 e. The molecule has 3 rings (SSSR count). The van der Waals surface area contributed by atoms with Gasteiger partial charge in [0.2, 0.25) is 0 Å². The van der Waals surface area contributed by atoms with Crippen molar-refractivity contribution in [2.45, 2.75) is 38.9 Å². The molecule has 2 atom stereocenters. The number of hydrogen-bond acceptors (Lipinski definition) is 8. The largest absolute Gasteiger partial charge is 0.396 e. The van der Waals surface area contributed by atoms with Crippen LogP contribution in [-0.4, -0.2) is 65.5 Å². The molecule has 1 amide bonds. The summed E-state index contributed by atoms with van der Waals surface area (Å²) in [5, 5.41) is 35.4. The number of fused-ring (bicyclic) bond motifs is 1. The number of aliphatic hydroxyl groups is 3. The molecule has 3 aromatic heterocycles. The molecule has 10 nitrogen and oxygen atoms in total. The van der Waals surface area contributed by atoms with E-state index in [0.29, 0.717) is 16.2 Å². The van der Waals surface area contributed by atoms with Crippen molar-refractivity contribution in [2.24, 2.45) is 11.7 Å². The molecule has 0 aromatic carbocycles. The predicted molar refractivity (Wildman–Crippen MR) is 116 cm³/mol. The molecule has 3 heterocycles. The molecule has 0 fully saturated rings. The Morgan fingerprint density at radius 2 is 1.97 bits per heavy atom. The maximum Gasteiger partial charge on any atom is 0.280 e. The highest BCUT2D eigenvalue weighted by molar-refractivity contribution is 6.30. The third-order valence-electron chi connectivity index (χ3n) is 5.04. The van der Waals surface area contributed by atoms with Gasteiger partial charge in [-0.15, -0.1) is 0 Å². The van der Waals surface area contributed by atoms with E-state index in [1.807, 2.05) is 0 Å². The summed E-state index contributed by atoms with van der Waals surface area (Å²) in [5.41, 5.74) is 6.44. The number of primary amides is 1. The van der Waals surface area contributed by atoms with Crippen molar-refractivity contribution in [2.75, 3.05) is 11.5 Å². The van der Waals surface area contributed by atoms with Crippen LogP contribution in [0.5, 0.6) is 0 Å². The Balaban J connectivity index is 2.21. The Morgan fingerprint density at radius 1 is 1.28 bits per heavy atom. The number of carbonyl (C=O) groups is 1. The summed E-state index contributed by atoms with van der Waals surface area (Å²) in [5.74, 6) is -5.06. The Morgan fingerprint density at radius 3 is 2.56 bits per heavy atom. The minimum atomic E-state index is -3.06. The number of nitrogens with zero attached hydrogens (tertiary/aromatic N) is 5. The molecule has 32 heavy (non-hydrogen) atoms. The van der Waals surface area contributed by atoms with Gasteiger partial charge in [0.1, 0.15) is 0 Å². The van der Waals surface area contributed by atoms with E-state index in [4.69, 9.17) is 17.3 Å². The maximum absolute atomic E-state index is 15.0. The number of halogens is 2. The van der Waals surface area contributed by atoms with Gasteiger partial charge in [-0.25, -0.2) is 13.9 Å². The molecule has 0 radical (unpaired) electrons. The lowest BCUT2D eigenvalue weighted by molar-refractivity contribution is -0.220. The Labute approximate surface area is 188 Å². The normalized spacial score (nSPS) is 14.0. The minimum Gasteiger partial charge on any atom is -0.396 e. The Bertz CT molecular complexity index is 1140. The molecule has 5 N–H and O–H groups in total. The summed E-state index contributed by atoms with van der Waals surface area (Å²) >= 11 is 5.94. The number of anilines is 1. The van der Waals surface area contributed by atoms with Crippen LogP contribution >= 0.6 is 11.6 Å². The maximum atomic E-state index is 15.0. The van der Waals surface area contributed by atoms with Gasteiger partial charge in [0.15, 0.2) is 11.8 Å². The molecule has 172 valence electrons. The molecular formula is C20H24ClFN6O4. The first kappa shape index (κ1) is 23.8. The summed E-state index contributed by atoms with van der Waals surface area (Å²) < 4.78 is 16.4. The molecule has 0 bridgehead atoms. The summed E-state index contributed by atoms with van der Waals surface area (Å²) in [6.07, 6.45) is 3.35. The van der Waals surface area contributed by atoms with Gasteiger partial charge in [0.05, 0.1) is 39.9 Å². The monoisotopic (exact) mass is 466 g/mol. The van der Waals surface area contributed by atoms with Crippen LogP contribution in [0.4, 0.5) is 10.1 Å². The van der Waals surface area contributed by atoms with Crippen LogP contribution in [0.25, 0.3) is 16.9 Å². The van der Waals surface area contributed by atoms with E-state index >= 15 is 0 Å². The fourth-order valence-electron chi connectivity index (χ4n) is 3.46. The molecule has 0 spiro atoms. The molecular weight excluding hydrogens is 443 g/mol. The van der Waals surface area contributed by atoms with Crippen molar-refractivity contribution in [3.63, 3.8) is 0 Å². The van der Waals surface area contributed by atoms with E-state index < -0.39 is 36.6 Å². The van der Waals surface area contributed by atoms with Crippen LogP contribution in [0.15, 0.2) is 30.9 Å². The second kappa shape index (κ2) is 8.94. The number of rotatable bonds is 8. The molecule has 0 aliphatic carbocycles. The van der Waals surface area contributed by atoms with Crippen molar-refractivity contribution in [1.82, 2.24) is 19.6 Å². The van der Waals surface area contributed by atoms with E-state index in [2.05, 4.69) is 15.1 Å². The van der Waals surface area contributed by atoms with Crippen molar-refractivity contribution >= 4 is 28.8 Å². The second-order valence-electron chi connectivity index (χ2n) is 7.76. The van der Waals surface area contributed by atoms with Gasteiger partial charge in [-0.3, -0.25) is 9.78 Å². The number of alkyl halides is 1. The van der Waals surface area contributed by atoms with Crippen molar-refractivity contribution < 1.29 is 24.5 Å². The van der Waals surface area contributed by atoms with Crippen molar-refractivity contribution in [3.8, 4) is 11.3 Å². The van der Waals surface area contributed by atoms with Crippen LogP contribution in [0, 0.1) is 5.92 Å². The number of pyridine rings is 1. The number of hydrogen-bond donors (Lipinski definition) is 4. The van der Waals surface area contributed by atoms with Crippen LogP contribution < -0.4 is 10.6 Å². The summed E-state index contributed by atoms with van der Waals surface area (Å²) in [4.78, 5) is 21.5. The lowest BCUT2D eigenvalue weighted by Crippen LogP contribution is -2.61. The zero-order chi connectivity index (χ0) is 23.8. The number of carbonyl (C=O) groups excluding carboxylic acids is 1. The van der Waals surface area contributed by atoms with E-state index in [1.54, 1.807) is 20.0 Å². The van der Waals surface area contributed by atoms with E-state index in [-0.39, 0.29) is 16.9 Å². The predicted octanol–water partition coefficient (Wildman–Crippen LogP) is 1.36. The lowest BCUT2D eigenvalue weighted by Gasteiger charge is -2.43. The third-order valence-corrected chi connectivity index (χ3v) is 5.23. The van der Waals surface area contributed by atoms with Crippen LogP contribution in [0.1, 0.15) is 31.1 Å². The van der Waals surface area contributed by atoms with E-state index in [0.717, 1.165) is 4.90 Å². The summed E-state index contributed by atoms with van der Waals surface area (Å²) in [6.45, 7) is 3.88. The van der Waals surface area contributed by atoms with Crippen LogP contribution in [0.3, 0.4) is 0 Å². The molecule has 3 aromatic rings. The standard InChI is InChI=1S/C20H24ClFN6O4/c1-10(2)28(20(31,32)17(22)11(3)9-29)16-4-15(24-6-14(16)18(23)30)13-7-26-27-8-12(21)5-25-19(13)27/h4-8,10-11,17,29,31-32H,9H2,1-3H3,(H2,23,30). The molecule has 2 unspecified atom stereocenters. The Hall–Kier alpha value is -2.86. The molecule has 0 aliphatic rings. The Kier molecular flexibility index (Phi) is 6.65. The number of aromatic nitrogens is 4. The van der Waals surface area contributed by atoms with E-state index in [9.17, 15) is 24.5 Å². The van der Waals surface area contributed by atoms with Gasteiger partial charge in [0, 0.05) is 31.0 Å². The van der Waals surface area contributed by atoms with Gasteiger partial charge >= 0.3 is 0 Å². The van der Waals surface area contributed by atoms with Crippen molar-refractivity contribution in [3.05, 3.63) is 41.4 Å².